The minimum absolute atomic E-state index is 0.0156. The molecule has 150 valence electrons. The number of fused-ring (bicyclic) bond motifs is 1. The van der Waals surface area contributed by atoms with Gasteiger partial charge in [-0.05, 0) is 54.2 Å². The maximum atomic E-state index is 12.9. The quantitative estimate of drug-likeness (QED) is 0.260. The molecule has 0 bridgehead atoms. The van der Waals surface area contributed by atoms with Crippen molar-refractivity contribution in [3.8, 4) is 0 Å². The van der Waals surface area contributed by atoms with Crippen LogP contribution in [0.2, 0.25) is 0 Å². The van der Waals surface area contributed by atoms with E-state index in [1.165, 1.54) is 65.7 Å². The standard InChI is InChI=1S/C19H11FN4O4S2/c20-12-3-1-11(2-4-12)18(25)23-21-10-14-6-8-17(28-14)30-19-22-15-7-5-13(24(26)27)9-16(15)29-19/h1-10H,(H,23,25)/b21-10-. The SMILES string of the molecule is O=C(N/N=C\c1ccc(Sc2nc3ccc([N+](=O)[O-])cc3s2)o1)c1ccc(F)cc1. The van der Waals surface area contributed by atoms with Gasteiger partial charge in [0.15, 0.2) is 9.43 Å². The lowest BCUT2D eigenvalue weighted by Gasteiger charge is -1.98. The third-order valence-electron chi connectivity index (χ3n) is 3.82. The number of benzene rings is 2. The van der Waals surface area contributed by atoms with E-state index in [0.717, 1.165) is 0 Å². The molecule has 0 unspecified atom stereocenters. The molecule has 11 heteroatoms. The molecule has 4 aromatic rings. The Morgan fingerprint density at radius 1 is 1.23 bits per heavy atom. The van der Waals surface area contributed by atoms with Crippen LogP contribution in [-0.2, 0) is 0 Å². The number of nitrogens with one attached hydrogen (secondary N) is 1. The molecule has 0 atom stereocenters. The van der Waals surface area contributed by atoms with Crippen LogP contribution in [-0.4, -0.2) is 22.0 Å². The normalized spacial score (nSPS) is 11.2. The van der Waals surface area contributed by atoms with Crippen molar-refractivity contribution in [3.05, 3.63) is 81.9 Å². The molecule has 0 saturated heterocycles. The first-order valence-corrected chi connectivity index (χ1v) is 10.0. The molecule has 2 aromatic carbocycles. The van der Waals surface area contributed by atoms with Gasteiger partial charge in [-0.15, -0.1) is 11.3 Å². The zero-order valence-electron chi connectivity index (χ0n) is 14.9. The van der Waals surface area contributed by atoms with Crippen molar-refractivity contribution in [1.82, 2.24) is 10.4 Å². The van der Waals surface area contributed by atoms with Crippen LogP contribution in [0.3, 0.4) is 0 Å². The molecule has 2 aromatic heterocycles. The third kappa shape index (κ3) is 4.53. The van der Waals surface area contributed by atoms with Gasteiger partial charge in [0.25, 0.3) is 11.6 Å². The Balaban J connectivity index is 1.39. The summed E-state index contributed by atoms with van der Waals surface area (Å²) in [5, 5.41) is 15.3. The van der Waals surface area contributed by atoms with Crippen LogP contribution in [0.1, 0.15) is 16.1 Å². The lowest BCUT2D eigenvalue weighted by molar-refractivity contribution is -0.384. The van der Waals surface area contributed by atoms with Crippen LogP contribution < -0.4 is 5.43 Å². The fraction of sp³-hybridized carbons (Fsp3) is 0. The van der Waals surface area contributed by atoms with E-state index >= 15 is 0 Å². The van der Waals surface area contributed by atoms with E-state index in [1.807, 2.05) is 0 Å². The summed E-state index contributed by atoms with van der Waals surface area (Å²) in [6.45, 7) is 0. The van der Waals surface area contributed by atoms with Crippen LogP contribution in [0.4, 0.5) is 10.1 Å². The minimum atomic E-state index is -0.476. The van der Waals surface area contributed by atoms with Gasteiger partial charge < -0.3 is 4.42 Å². The van der Waals surface area contributed by atoms with Gasteiger partial charge in [-0.3, -0.25) is 14.9 Å². The Labute approximate surface area is 176 Å². The molecule has 30 heavy (non-hydrogen) atoms. The Morgan fingerprint density at radius 2 is 2.03 bits per heavy atom. The van der Waals surface area contributed by atoms with Crippen molar-refractivity contribution in [3.63, 3.8) is 0 Å². The van der Waals surface area contributed by atoms with Crippen molar-refractivity contribution in [1.29, 1.82) is 0 Å². The maximum Gasteiger partial charge on any atom is 0.271 e. The summed E-state index contributed by atoms with van der Waals surface area (Å²) < 4.78 is 19.9. The average molecular weight is 442 g/mol. The van der Waals surface area contributed by atoms with Crippen molar-refractivity contribution in [2.24, 2.45) is 5.10 Å². The number of nitro groups is 1. The molecule has 0 saturated carbocycles. The monoisotopic (exact) mass is 442 g/mol. The molecular weight excluding hydrogens is 431 g/mol. The van der Waals surface area contributed by atoms with E-state index < -0.39 is 16.6 Å². The summed E-state index contributed by atoms with van der Waals surface area (Å²) in [4.78, 5) is 26.8. The Morgan fingerprint density at radius 3 is 2.80 bits per heavy atom. The molecule has 4 rings (SSSR count). The van der Waals surface area contributed by atoms with Gasteiger partial charge in [-0.1, -0.05) is 0 Å². The van der Waals surface area contributed by atoms with Gasteiger partial charge in [0.05, 0.1) is 21.4 Å². The number of nitrogens with zero attached hydrogens (tertiary/aromatic N) is 3. The van der Waals surface area contributed by atoms with E-state index in [2.05, 4.69) is 15.5 Å². The molecule has 0 spiro atoms. The number of carbonyl (C=O) groups excluding carboxylic acids is 1. The maximum absolute atomic E-state index is 12.9. The van der Waals surface area contributed by atoms with Gasteiger partial charge in [0.2, 0.25) is 0 Å². The Bertz CT molecular complexity index is 1270. The van der Waals surface area contributed by atoms with Crippen LogP contribution >= 0.6 is 23.1 Å². The largest absolute Gasteiger partial charge is 0.448 e. The Kier molecular flexibility index (Phi) is 5.55. The van der Waals surface area contributed by atoms with Crippen LogP contribution in [0, 0.1) is 15.9 Å². The fourth-order valence-corrected chi connectivity index (χ4v) is 4.42. The molecule has 8 nitrogen and oxygen atoms in total. The number of hydrogen-bond donors (Lipinski definition) is 1. The molecule has 0 aliphatic rings. The highest BCUT2D eigenvalue weighted by atomic mass is 32.2. The number of amides is 1. The molecule has 0 radical (unpaired) electrons. The number of hydrazone groups is 1. The van der Waals surface area contributed by atoms with Crippen molar-refractivity contribution in [2.75, 3.05) is 0 Å². The summed E-state index contributed by atoms with van der Waals surface area (Å²) in [6.07, 6.45) is 1.34. The van der Waals surface area contributed by atoms with E-state index in [-0.39, 0.29) is 11.3 Å². The van der Waals surface area contributed by atoms with Crippen LogP contribution in [0.25, 0.3) is 10.2 Å². The molecule has 2 heterocycles. The molecule has 1 N–H and O–H groups in total. The topological polar surface area (TPSA) is 111 Å². The van der Waals surface area contributed by atoms with E-state index in [1.54, 1.807) is 18.2 Å². The predicted octanol–water partition coefficient (Wildman–Crippen LogP) is 4.85. The number of aromatic nitrogens is 1. The number of thiazole rings is 1. The molecule has 0 aliphatic heterocycles. The molecule has 1 amide bonds. The van der Waals surface area contributed by atoms with Crippen LogP contribution in [0.5, 0.6) is 0 Å². The zero-order chi connectivity index (χ0) is 21.1. The summed E-state index contributed by atoms with van der Waals surface area (Å²) in [5.74, 6) is -0.494. The highest BCUT2D eigenvalue weighted by molar-refractivity contribution is 8.01. The number of halogens is 1. The van der Waals surface area contributed by atoms with Crippen molar-refractivity contribution >= 4 is 51.1 Å². The molecule has 0 aliphatic carbocycles. The summed E-state index contributed by atoms with van der Waals surface area (Å²) in [6, 6.07) is 13.0. The summed E-state index contributed by atoms with van der Waals surface area (Å²) in [5.41, 5.74) is 3.30. The average Bonchev–Trinajstić information content (AvgIpc) is 3.34. The van der Waals surface area contributed by atoms with E-state index in [4.69, 9.17) is 4.42 Å². The number of nitro benzene ring substituents is 1. The second-order valence-electron chi connectivity index (χ2n) is 5.85. The molecular formula is C19H11FN4O4S2. The Hall–Kier alpha value is -3.57. The van der Waals surface area contributed by atoms with Gasteiger partial charge in [0.1, 0.15) is 11.6 Å². The summed E-state index contributed by atoms with van der Waals surface area (Å²) >= 11 is 2.60. The number of hydrogen-bond acceptors (Lipinski definition) is 8. The van der Waals surface area contributed by atoms with Crippen molar-refractivity contribution in [2.45, 2.75) is 9.43 Å². The first-order valence-electron chi connectivity index (χ1n) is 8.39. The second kappa shape index (κ2) is 8.43. The van der Waals surface area contributed by atoms with Gasteiger partial charge >= 0.3 is 0 Å². The first kappa shape index (κ1) is 19.7. The lowest BCUT2D eigenvalue weighted by atomic mass is 10.2. The van der Waals surface area contributed by atoms with Crippen LogP contribution in [0.15, 0.2) is 73.5 Å². The number of non-ortho nitro benzene ring substituents is 1. The van der Waals surface area contributed by atoms with E-state index in [0.29, 0.717) is 25.4 Å². The number of carbonyl (C=O) groups is 1. The smallest absolute Gasteiger partial charge is 0.271 e. The first-order chi connectivity index (χ1) is 14.5. The fourth-order valence-electron chi connectivity index (χ4n) is 2.41. The number of furan rings is 1. The predicted molar refractivity (Wildman–Crippen MR) is 111 cm³/mol. The highest BCUT2D eigenvalue weighted by Gasteiger charge is 2.12. The van der Waals surface area contributed by atoms with E-state index in [9.17, 15) is 19.3 Å². The highest BCUT2D eigenvalue weighted by Crippen LogP contribution is 2.36. The second-order valence-corrected chi connectivity index (χ2v) is 8.14. The van der Waals surface area contributed by atoms with Gasteiger partial charge in [0, 0.05) is 17.7 Å². The van der Waals surface area contributed by atoms with Crippen molar-refractivity contribution < 1.29 is 18.5 Å². The minimum Gasteiger partial charge on any atom is -0.448 e. The summed E-state index contributed by atoms with van der Waals surface area (Å²) in [7, 11) is 0. The number of rotatable bonds is 6. The van der Waals surface area contributed by atoms with Gasteiger partial charge in [-0.25, -0.2) is 14.8 Å². The lowest BCUT2D eigenvalue weighted by Crippen LogP contribution is -2.17. The third-order valence-corrected chi connectivity index (χ3v) is 5.82. The van der Waals surface area contributed by atoms with Gasteiger partial charge in [-0.2, -0.15) is 5.10 Å². The molecule has 0 fully saturated rings. The zero-order valence-corrected chi connectivity index (χ0v) is 16.6.